The molecule has 8 heteroatoms. The molecule has 3 heterocycles. The van der Waals surface area contributed by atoms with Crippen molar-refractivity contribution >= 4 is 9.84 Å². The zero-order valence-corrected chi connectivity index (χ0v) is 14.2. The van der Waals surface area contributed by atoms with Crippen LogP contribution in [0.1, 0.15) is 11.6 Å². The minimum Gasteiger partial charge on any atom is -0.390 e. The van der Waals surface area contributed by atoms with Gasteiger partial charge in [-0.25, -0.2) is 13.4 Å². The normalized spacial score (nSPS) is 22.3. The summed E-state index contributed by atoms with van der Waals surface area (Å²) in [6.07, 6.45) is 6.06. The third kappa shape index (κ3) is 3.10. The van der Waals surface area contributed by atoms with Crippen LogP contribution in [0.2, 0.25) is 0 Å². The van der Waals surface area contributed by atoms with Gasteiger partial charge in [-0.1, -0.05) is 24.3 Å². The van der Waals surface area contributed by atoms with E-state index < -0.39 is 22.0 Å². The first-order chi connectivity index (χ1) is 12.0. The van der Waals surface area contributed by atoms with E-state index in [4.69, 9.17) is 0 Å². The van der Waals surface area contributed by atoms with Crippen LogP contribution in [0.25, 0.3) is 11.4 Å². The predicted octanol–water partition coefficient (Wildman–Crippen LogP) is 1.13. The molecule has 0 radical (unpaired) electrons. The molecule has 3 aromatic rings. The molecule has 7 nitrogen and oxygen atoms in total. The maximum absolute atomic E-state index is 11.9. The van der Waals surface area contributed by atoms with Gasteiger partial charge in [0.05, 0.1) is 30.2 Å². The number of aliphatic hydroxyl groups excluding tert-OH is 1. The standard InChI is InChI=1S/C17H18N4O3S/c22-16-12-25(23,24)11-15(16)21-9-7-18-17(21)14-5-2-1-4-13(14)10-20-8-3-6-19-20/h1-9,15-16,22H,10-12H2/t15-,16-/m0/s1. The highest BCUT2D eigenvalue weighted by Gasteiger charge is 2.38. The molecule has 0 bridgehead atoms. The Morgan fingerprint density at radius 3 is 2.68 bits per heavy atom. The van der Waals surface area contributed by atoms with E-state index >= 15 is 0 Å². The zero-order valence-electron chi connectivity index (χ0n) is 13.4. The van der Waals surface area contributed by atoms with Crippen LogP contribution >= 0.6 is 0 Å². The Labute approximate surface area is 145 Å². The lowest BCUT2D eigenvalue weighted by atomic mass is 10.1. The molecule has 0 saturated carbocycles. The summed E-state index contributed by atoms with van der Waals surface area (Å²) in [7, 11) is -3.23. The Morgan fingerprint density at radius 2 is 1.96 bits per heavy atom. The topological polar surface area (TPSA) is 90.0 Å². The number of benzene rings is 1. The molecule has 1 aliphatic rings. The van der Waals surface area contributed by atoms with E-state index in [1.165, 1.54) is 0 Å². The third-order valence-electron chi connectivity index (χ3n) is 4.47. The first-order valence-electron chi connectivity index (χ1n) is 8.00. The van der Waals surface area contributed by atoms with Crippen LogP contribution in [0.15, 0.2) is 55.1 Å². The van der Waals surface area contributed by atoms with E-state index in [1.54, 1.807) is 23.2 Å². The maximum atomic E-state index is 11.9. The fraction of sp³-hybridized carbons (Fsp3) is 0.294. The molecule has 25 heavy (non-hydrogen) atoms. The molecule has 4 rings (SSSR count). The molecule has 1 N–H and O–H groups in total. The van der Waals surface area contributed by atoms with Gasteiger partial charge in [0.15, 0.2) is 9.84 Å². The summed E-state index contributed by atoms with van der Waals surface area (Å²) in [5.41, 5.74) is 1.92. The maximum Gasteiger partial charge on any atom is 0.155 e. The highest BCUT2D eigenvalue weighted by Crippen LogP contribution is 2.30. The largest absolute Gasteiger partial charge is 0.390 e. The number of nitrogens with zero attached hydrogens (tertiary/aromatic N) is 4. The molecule has 0 amide bonds. The molecular weight excluding hydrogens is 340 g/mol. The summed E-state index contributed by atoms with van der Waals surface area (Å²) in [6.45, 7) is 0.585. The van der Waals surface area contributed by atoms with E-state index in [0.29, 0.717) is 12.4 Å². The molecule has 130 valence electrons. The lowest BCUT2D eigenvalue weighted by Crippen LogP contribution is -2.22. The second-order valence-corrected chi connectivity index (χ2v) is 8.38. The third-order valence-corrected chi connectivity index (χ3v) is 6.17. The summed E-state index contributed by atoms with van der Waals surface area (Å²) in [6, 6.07) is 9.17. The van der Waals surface area contributed by atoms with E-state index in [2.05, 4.69) is 10.1 Å². The molecular formula is C17H18N4O3S. The van der Waals surface area contributed by atoms with Crippen LogP contribution in [0.3, 0.4) is 0 Å². The van der Waals surface area contributed by atoms with Crippen LogP contribution in [-0.4, -0.2) is 50.5 Å². The van der Waals surface area contributed by atoms with Gasteiger partial charge in [0.1, 0.15) is 5.82 Å². The van der Waals surface area contributed by atoms with Crippen molar-refractivity contribution in [2.45, 2.75) is 18.7 Å². The predicted molar refractivity (Wildman–Crippen MR) is 92.7 cm³/mol. The Morgan fingerprint density at radius 1 is 1.12 bits per heavy atom. The van der Waals surface area contributed by atoms with E-state index in [9.17, 15) is 13.5 Å². The van der Waals surface area contributed by atoms with Gasteiger partial charge in [0.2, 0.25) is 0 Å². The number of aromatic nitrogens is 4. The molecule has 0 spiro atoms. The van der Waals surface area contributed by atoms with Gasteiger partial charge in [-0.2, -0.15) is 5.10 Å². The lowest BCUT2D eigenvalue weighted by Gasteiger charge is -2.19. The molecule has 1 saturated heterocycles. The summed E-state index contributed by atoms with van der Waals surface area (Å²) in [5.74, 6) is 0.382. The van der Waals surface area contributed by atoms with Gasteiger partial charge in [0, 0.05) is 30.4 Å². The number of hydrogen-bond donors (Lipinski definition) is 1. The molecule has 2 atom stereocenters. The smallest absolute Gasteiger partial charge is 0.155 e. The van der Waals surface area contributed by atoms with Gasteiger partial charge in [-0.15, -0.1) is 0 Å². The van der Waals surface area contributed by atoms with Crippen molar-refractivity contribution in [1.82, 2.24) is 19.3 Å². The number of imidazole rings is 1. The average Bonchev–Trinajstić information content (AvgIpc) is 3.28. The van der Waals surface area contributed by atoms with E-state index in [1.807, 2.05) is 41.2 Å². The molecule has 1 aromatic carbocycles. The highest BCUT2D eigenvalue weighted by molar-refractivity contribution is 7.91. The second kappa shape index (κ2) is 6.12. The van der Waals surface area contributed by atoms with Crippen molar-refractivity contribution < 1.29 is 13.5 Å². The Balaban J connectivity index is 1.74. The number of rotatable bonds is 4. The Bertz CT molecular complexity index is 979. The second-order valence-electron chi connectivity index (χ2n) is 6.23. The Hall–Kier alpha value is -2.45. The average molecular weight is 358 g/mol. The van der Waals surface area contributed by atoms with Crippen LogP contribution < -0.4 is 0 Å². The van der Waals surface area contributed by atoms with Crippen LogP contribution in [0, 0.1) is 0 Å². The number of sulfone groups is 1. The van der Waals surface area contributed by atoms with Gasteiger partial charge < -0.3 is 9.67 Å². The molecule has 0 unspecified atom stereocenters. The van der Waals surface area contributed by atoms with Crippen LogP contribution in [0.4, 0.5) is 0 Å². The summed E-state index contributed by atoms with van der Waals surface area (Å²) >= 11 is 0. The van der Waals surface area contributed by atoms with E-state index in [-0.39, 0.29) is 11.5 Å². The molecule has 0 aliphatic carbocycles. The van der Waals surface area contributed by atoms with Crippen molar-refractivity contribution in [3.63, 3.8) is 0 Å². The van der Waals surface area contributed by atoms with Crippen molar-refractivity contribution in [3.05, 3.63) is 60.7 Å². The SMILES string of the molecule is O=S1(=O)C[C@H](O)[C@@H](n2ccnc2-c2ccccc2Cn2cccn2)C1. The minimum atomic E-state index is -3.23. The van der Waals surface area contributed by atoms with Crippen molar-refractivity contribution in [1.29, 1.82) is 0 Å². The fourth-order valence-corrected chi connectivity index (χ4v) is 5.09. The molecule has 1 aliphatic heterocycles. The monoisotopic (exact) mass is 358 g/mol. The zero-order chi connectivity index (χ0) is 17.4. The quantitative estimate of drug-likeness (QED) is 0.755. The van der Waals surface area contributed by atoms with Crippen molar-refractivity contribution in [2.75, 3.05) is 11.5 Å². The molecule has 2 aromatic heterocycles. The first kappa shape index (κ1) is 16.0. The summed E-state index contributed by atoms with van der Waals surface area (Å²) in [5, 5.41) is 14.4. The first-order valence-corrected chi connectivity index (χ1v) is 9.83. The van der Waals surface area contributed by atoms with E-state index in [0.717, 1.165) is 11.1 Å². The van der Waals surface area contributed by atoms with Gasteiger partial charge in [-0.05, 0) is 11.6 Å². The molecule has 1 fully saturated rings. The lowest BCUT2D eigenvalue weighted by molar-refractivity contribution is 0.154. The van der Waals surface area contributed by atoms with Crippen LogP contribution in [0.5, 0.6) is 0 Å². The van der Waals surface area contributed by atoms with Crippen LogP contribution in [-0.2, 0) is 16.4 Å². The fourth-order valence-electron chi connectivity index (χ4n) is 3.31. The highest BCUT2D eigenvalue weighted by atomic mass is 32.2. The van der Waals surface area contributed by atoms with Crippen molar-refractivity contribution in [3.8, 4) is 11.4 Å². The summed E-state index contributed by atoms with van der Waals surface area (Å²) < 4.78 is 27.3. The van der Waals surface area contributed by atoms with Crippen molar-refractivity contribution in [2.24, 2.45) is 0 Å². The number of aliphatic hydroxyl groups is 1. The van der Waals surface area contributed by atoms with Gasteiger partial charge in [-0.3, -0.25) is 4.68 Å². The summed E-state index contributed by atoms with van der Waals surface area (Å²) in [4.78, 5) is 4.43. The number of hydrogen-bond acceptors (Lipinski definition) is 5. The minimum absolute atomic E-state index is 0.0706. The Kier molecular flexibility index (Phi) is 3.93. The van der Waals surface area contributed by atoms with Gasteiger partial charge in [0.25, 0.3) is 0 Å². The van der Waals surface area contributed by atoms with Gasteiger partial charge >= 0.3 is 0 Å².